The maximum Gasteiger partial charge on any atom is 0.260 e. The van der Waals surface area contributed by atoms with Crippen molar-refractivity contribution >= 4 is 5.91 Å². The number of para-hydroxylation sites is 1. The Bertz CT molecular complexity index is 639. The molecule has 0 bridgehead atoms. The standard InChI is InChI=1S/C17H18N2O3/c1-13-6-5-9-16(18-13)22-15-10-19(11-15)17(20)12-21-14-7-3-2-4-8-14/h2-9,15H,10-12H2,1H3. The van der Waals surface area contributed by atoms with Crippen LogP contribution < -0.4 is 9.47 Å². The molecule has 1 saturated heterocycles. The Labute approximate surface area is 129 Å². The first kappa shape index (κ1) is 14.4. The Morgan fingerprint density at radius 2 is 1.95 bits per heavy atom. The molecule has 2 aromatic rings. The van der Waals surface area contributed by atoms with Gasteiger partial charge in [0, 0.05) is 11.8 Å². The number of nitrogens with zero attached hydrogens (tertiary/aromatic N) is 2. The van der Waals surface area contributed by atoms with Gasteiger partial charge in [-0.05, 0) is 25.1 Å². The molecular formula is C17H18N2O3. The molecule has 0 N–H and O–H groups in total. The number of benzene rings is 1. The number of hydrogen-bond donors (Lipinski definition) is 0. The van der Waals surface area contributed by atoms with Gasteiger partial charge in [0.2, 0.25) is 5.88 Å². The summed E-state index contributed by atoms with van der Waals surface area (Å²) < 4.78 is 11.2. The minimum atomic E-state index is -0.0269. The maximum atomic E-state index is 12.0. The van der Waals surface area contributed by atoms with Gasteiger partial charge in [-0.2, -0.15) is 0 Å². The number of ether oxygens (including phenoxy) is 2. The Balaban J connectivity index is 1.42. The first-order valence-electron chi connectivity index (χ1n) is 7.26. The summed E-state index contributed by atoms with van der Waals surface area (Å²) >= 11 is 0. The van der Waals surface area contributed by atoms with E-state index in [0.29, 0.717) is 24.7 Å². The average molecular weight is 298 g/mol. The monoisotopic (exact) mass is 298 g/mol. The number of aromatic nitrogens is 1. The fraction of sp³-hybridized carbons (Fsp3) is 0.294. The molecule has 3 rings (SSSR count). The Hall–Kier alpha value is -2.56. The van der Waals surface area contributed by atoms with Gasteiger partial charge in [0.1, 0.15) is 11.9 Å². The largest absolute Gasteiger partial charge is 0.484 e. The van der Waals surface area contributed by atoms with E-state index in [0.717, 1.165) is 5.69 Å². The van der Waals surface area contributed by atoms with Gasteiger partial charge in [0.05, 0.1) is 13.1 Å². The van der Waals surface area contributed by atoms with Gasteiger partial charge in [-0.3, -0.25) is 4.79 Å². The summed E-state index contributed by atoms with van der Waals surface area (Å²) in [6.45, 7) is 3.13. The molecule has 0 unspecified atom stereocenters. The summed E-state index contributed by atoms with van der Waals surface area (Å²) in [7, 11) is 0. The van der Waals surface area contributed by atoms with Crippen LogP contribution in [0.3, 0.4) is 0 Å². The van der Waals surface area contributed by atoms with Gasteiger partial charge in [-0.25, -0.2) is 4.98 Å². The summed E-state index contributed by atoms with van der Waals surface area (Å²) in [6, 6.07) is 15.0. The number of pyridine rings is 1. The summed E-state index contributed by atoms with van der Waals surface area (Å²) in [5, 5.41) is 0. The molecule has 2 heterocycles. The van der Waals surface area contributed by atoms with Crippen molar-refractivity contribution in [3.63, 3.8) is 0 Å². The zero-order chi connectivity index (χ0) is 15.4. The third-order valence-corrected chi connectivity index (χ3v) is 3.46. The maximum absolute atomic E-state index is 12.0. The highest BCUT2D eigenvalue weighted by Gasteiger charge is 2.32. The van der Waals surface area contributed by atoms with Gasteiger partial charge in [0.15, 0.2) is 6.61 Å². The van der Waals surface area contributed by atoms with Gasteiger partial charge in [-0.15, -0.1) is 0 Å². The molecule has 1 fully saturated rings. The van der Waals surface area contributed by atoms with Crippen LogP contribution >= 0.6 is 0 Å². The van der Waals surface area contributed by atoms with Crippen molar-refractivity contribution in [2.24, 2.45) is 0 Å². The van der Waals surface area contributed by atoms with Crippen LogP contribution in [-0.2, 0) is 4.79 Å². The molecule has 1 aliphatic heterocycles. The van der Waals surface area contributed by atoms with E-state index in [2.05, 4.69) is 4.98 Å². The number of aryl methyl sites for hydroxylation is 1. The molecule has 5 nitrogen and oxygen atoms in total. The molecular weight excluding hydrogens is 280 g/mol. The van der Waals surface area contributed by atoms with Gasteiger partial charge in [0.25, 0.3) is 5.91 Å². The second-order valence-corrected chi connectivity index (χ2v) is 5.26. The zero-order valence-corrected chi connectivity index (χ0v) is 12.4. The minimum Gasteiger partial charge on any atom is -0.484 e. The predicted octanol–water partition coefficient (Wildman–Crippen LogP) is 2.06. The normalized spacial score (nSPS) is 14.3. The lowest BCUT2D eigenvalue weighted by Gasteiger charge is -2.38. The second-order valence-electron chi connectivity index (χ2n) is 5.26. The van der Waals surface area contributed by atoms with Crippen LogP contribution in [0.4, 0.5) is 0 Å². The topological polar surface area (TPSA) is 51.7 Å². The molecule has 22 heavy (non-hydrogen) atoms. The molecule has 0 atom stereocenters. The van der Waals surface area contributed by atoms with E-state index in [9.17, 15) is 4.79 Å². The highest BCUT2D eigenvalue weighted by Crippen LogP contribution is 2.17. The smallest absolute Gasteiger partial charge is 0.260 e. The number of amides is 1. The lowest BCUT2D eigenvalue weighted by Crippen LogP contribution is -2.57. The summed E-state index contributed by atoms with van der Waals surface area (Å²) in [5.74, 6) is 1.28. The lowest BCUT2D eigenvalue weighted by atomic mass is 10.1. The Morgan fingerprint density at radius 3 is 2.68 bits per heavy atom. The zero-order valence-electron chi connectivity index (χ0n) is 12.4. The molecule has 1 aromatic heterocycles. The van der Waals surface area contributed by atoms with Crippen LogP contribution in [0.5, 0.6) is 11.6 Å². The average Bonchev–Trinajstić information content (AvgIpc) is 2.49. The summed E-state index contributed by atoms with van der Waals surface area (Å²) in [5.41, 5.74) is 0.918. The molecule has 0 aliphatic carbocycles. The molecule has 0 saturated carbocycles. The molecule has 1 amide bonds. The van der Waals surface area contributed by atoms with E-state index >= 15 is 0 Å². The van der Waals surface area contributed by atoms with E-state index in [1.807, 2.05) is 55.5 Å². The van der Waals surface area contributed by atoms with Crippen molar-refractivity contribution < 1.29 is 14.3 Å². The van der Waals surface area contributed by atoms with Gasteiger partial charge < -0.3 is 14.4 Å². The lowest BCUT2D eigenvalue weighted by molar-refractivity contribution is -0.142. The fourth-order valence-electron chi connectivity index (χ4n) is 2.22. The summed E-state index contributed by atoms with van der Waals surface area (Å²) in [6.07, 6.45) is 0.00924. The van der Waals surface area contributed by atoms with Gasteiger partial charge in [-0.1, -0.05) is 24.3 Å². The first-order valence-corrected chi connectivity index (χ1v) is 7.26. The minimum absolute atomic E-state index is 0.00924. The third kappa shape index (κ3) is 3.55. The van der Waals surface area contributed by atoms with E-state index in [1.54, 1.807) is 4.90 Å². The SMILES string of the molecule is Cc1cccc(OC2CN(C(=O)COc3ccccc3)C2)n1. The van der Waals surface area contributed by atoms with Crippen molar-refractivity contribution in [1.82, 2.24) is 9.88 Å². The molecule has 5 heteroatoms. The first-order chi connectivity index (χ1) is 10.7. The molecule has 0 radical (unpaired) electrons. The number of likely N-dealkylation sites (tertiary alicyclic amines) is 1. The predicted molar refractivity (Wildman–Crippen MR) is 81.9 cm³/mol. The van der Waals surface area contributed by atoms with Crippen LogP contribution in [0.1, 0.15) is 5.69 Å². The van der Waals surface area contributed by atoms with E-state index < -0.39 is 0 Å². The van der Waals surface area contributed by atoms with Crippen LogP contribution in [0.15, 0.2) is 48.5 Å². The quantitative estimate of drug-likeness (QED) is 0.848. The van der Waals surface area contributed by atoms with Crippen molar-refractivity contribution in [3.05, 3.63) is 54.2 Å². The van der Waals surface area contributed by atoms with E-state index in [1.165, 1.54) is 0 Å². The van der Waals surface area contributed by atoms with Crippen molar-refractivity contribution in [1.29, 1.82) is 0 Å². The van der Waals surface area contributed by atoms with E-state index in [-0.39, 0.29) is 18.6 Å². The van der Waals surface area contributed by atoms with Crippen LogP contribution in [-0.4, -0.2) is 41.6 Å². The Kier molecular flexibility index (Phi) is 4.23. The van der Waals surface area contributed by atoms with E-state index in [4.69, 9.17) is 9.47 Å². The molecule has 1 aromatic carbocycles. The molecule has 0 spiro atoms. The summed E-state index contributed by atoms with van der Waals surface area (Å²) in [4.78, 5) is 18.0. The van der Waals surface area contributed by atoms with Crippen molar-refractivity contribution in [2.75, 3.05) is 19.7 Å². The number of carbonyl (C=O) groups excluding carboxylic acids is 1. The number of hydrogen-bond acceptors (Lipinski definition) is 4. The number of rotatable bonds is 5. The van der Waals surface area contributed by atoms with Crippen LogP contribution in [0, 0.1) is 6.92 Å². The van der Waals surface area contributed by atoms with Crippen molar-refractivity contribution in [2.45, 2.75) is 13.0 Å². The van der Waals surface area contributed by atoms with Crippen LogP contribution in [0.25, 0.3) is 0 Å². The second kappa shape index (κ2) is 6.47. The highest BCUT2D eigenvalue weighted by atomic mass is 16.5. The number of carbonyl (C=O) groups is 1. The molecule has 1 aliphatic rings. The van der Waals surface area contributed by atoms with Crippen molar-refractivity contribution in [3.8, 4) is 11.6 Å². The molecule has 114 valence electrons. The Morgan fingerprint density at radius 1 is 1.18 bits per heavy atom. The van der Waals surface area contributed by atoms with Crippen LogP contribution in [0.2, 0.25) is 0 Å². The highest BCUT2D eigenvalue weighted by molar-refractivity contribution is 5.78. The fourth-order valence-corrected chi connectivity index (χ4v) is 2.22. The third-order valence-electron chi connectivity index (χ3n) is 3.46. The van der Waals surface area contributed by atoms with Gasteiger partial charge >= 0.3 is 0 Å².